The van der Waals surface area contributed by atoms with Crippen molar-refractivity contribution in [3.05, 3.63) is 34.6 Å². The van der Waals surface area contributed by atoms with Crippen LogP contribution in [0.15, 0.2) is 18.2 Å². The molecule has 1 amide bonds. The molecule has 0 aromatic heterocycles. The number of carbonyl (C=O) groups excluding carboxylic acids is 1. The van der Waals surface area contributed by atoms with Crippen molar-refractivity contribution in [1.82, 2.24) is 5.32 Å². The maximum absolute atomic E-state index is 12.9. The molecule has 1 atom stereocenters. The van der Waals surface area contributed by atoms with Crippen LogP contribution in [0.25, 0.3) is 0 Å². The number of carboxylic acids is 1. The van der Waals surface area contributed by atoms with Gasteiger partial charge < -0.3 is 10.4 Å². The Labute approximate surface area is 125 Å². The summed E-state index contributed by atoms with van der Waals surface area (Å²) >= 11 is 7.36. The minimum Gasteiger partial charge on any atom is -0.480 e. The molecule has 1 unspecified atom stereocenters. The van der Waals surface area contributed by atoms with Gasteiger partial charge in [0.15, 0.2) is 0 Å². The van der Waals surface area contributed by atoms with Gasteiger partial charge in [0.05, 0.1) is 0 Å². The van der Waals surface area contributed by atoms with E-state index in [-0.39, 0.29) is 11.7 Å². The second-order valence-corrected chi connectivity index (χ2v) is 5.68. The molecule has 0 bridgehead atoms. The summed E-state index contributed by atoms with van der Waals surface area (Å²) in [7, 11) is 0. The van der Waals surface area contributed by atoms with Gasteiger partial charge in [-0.15, -0.1) is 0 Å². The molecule has 7 heteroatoms. The zero-order valence-electron chi connectivity index (χ0n) is 10.9. The number of thioether (sulfide) groups is 1. The third kappa shape index (κ3) is 5.79. The summed E-state index contributed by atoms with van der Waals surface area (Å²) in [5, 5.41) is 11.7. The lowest BCUT2D eigenvalue weighted by Gasteiger charge is -2.12. The van der Waals surface area contributed by atoms with Gasteiger partial charge in [0.1, 0.15) is 11.9 Å². The summed E-state index contributed by atoms with van der Waals surface area (Å²) in [6, 6.07) is 3.30. The van der Waals surface area contributed by atoms with Crippen LogP contribution in [0.4, 0.5) is 4.39 Å². The zero-order valence-corrected chi connectivity index (χ0v) is 12.4. The fourth-order valence-corrected chi connectivity index (χ4v) is 2.86. The van der Waals surface area contributed by atoms with Gasteiger partial charge >= 0.3 is 5.97 Å². The average Bonchev–Trinajstić information content (AvgIpc) is 2.34. The van der Waals surface area contributed by atoms with Gasteiger partial charge in [-0.05, 0) is 29.9 Å². The van der Waals surface area contributed by atoms with Crippen LogP contribution in [0.5, 0.6) is 0 Å². The molecular formula is C13H15ClFNO3S. The first-order chi connectivity index (χ1) is 9.40. The van der Waals surface area contributed by atoms with Crippen molar-refractivity contribution >= 4 is 35.2 Å². The highest BCUT2D eigenvalue weighted by molar-refractivity contribution is 7.98. The van der Waals surface area contributed by atoms with E-state index < -0.39 is 12.0 Å². The van der Waals surface area contributed by atoms with E-state index in [1.807, 2.05) is 0 Å². The van der Waals surface area contributed by atoms with Gasteiger partial charge in [0, 0.05) is 17.7 Å². The van der Waals surface area contributed by atoms with Crippen molar-refractivity contribution in [2.24, 2.45) is 0 Å². The Hall–Kier alpha value is -1.27. The third-order valence-electron chi connectivity index (χ3n) is 2.50. The third-order valence-corrected chi connectivity index (χ3v) is 3.89. The summed E-state index contributed by atoms with van der Waals surface area (Å²) in [4.78, 5) is 21.8. The number of benzene rings is 1. The Bertz CT molecular complexity index is 499. The van der Waals surface area contributed by atoms with Crippen molar-refractivity contribution < 1.29 is 19.1 Å². The number of hydrogen-bond acceptors (Lipinski definition) is 3. The lowest BCUT2D eigenvalue weighted by atomic mass is 10.2. The van der Waals surface area contributed by atoms with Crippen LogP contribution in [0.3, 0.4) is 0 Å². The van der Waals surface area contributed by atoms with Crippen molar-refractivity contribution in [3.63, 3.8) is 0 Å². The molecule has 20 heavy (non-hydrogen) atoms. The van der Waals surface area contributed by atoms with Gasteiger partial charge in [0.2, 0.25) is 5.91 Å². The van der Waals surface area contributed by atoms with E-state index in [4.69, 9.17) is 16.7 Å². The van der Waals surface area contributed by atoms with Crippen LogP contribution >= 0.6 is 23.4 Å². The molecule has 2 N–H and O–H groups in total. The van der Waals surface area contributed by atoms with E-state index in [1.54, 1.807) is 6.07 Å². The molecule has 0 saturated carbocycles. The normalized spacial score (nSPS) is 11.9. The second kappa shape index (κ2) is 8.11. The van der Waals surface area contributed by atoms with E-state index >= 15 is 0 Å². The largest absolute Gasteiger partial charge is 0.480 e. The van der Waals surface area contributed by atoms with Gasteiger partial charge in [-0.2, -0.15) is 11.8 Å². The van der Waals surface area contributed by atoms with E-state index in [0.717, 1.165) is 5.56 Å². The Morgan fingerprint density at radius 3 is 2.75 bits per heavy atom. The van der Waals surface area contributed by atoms with Crippen LogP contribution in [-0.4, -0.2) is 28.8 Å². The van der Waals surface area contributed by atoms with E-state index in [0.29, 0.717) is 22.9 Å². The fraction of sp³-hybridized carbons (Fsp3) is 0.385. The lowest BCUT2D eigenvalue weighted by Crippen LogP contribution is -2.39. The van der Waals surface area contributed by atoms with Gasteiger partial charge in [-0.1, -0.05) is 17.7 Å². The molecule has 1 aromatic carbocycles. The minimum absolute atomic E-state index is 0.318. The van der Waals surface area contributed by atoms with E-state index in [9.17, 15) is 14.0 Å². The lowest BCUT2D eigenvalue weighted by molar-refractivity contribution is -0.141. The zero-order chi connectivity index (χ0) is 15.1. The van der Waals surface area contributed by atoms with Crippen molar-refractivity contribution in [3.8, 4) is 0 Å². The first-order valence-electron chi connectivity index (χ1n) is 5.91. The standard InChI is InChI=1S/C13H15ClFNO3S/c1-8(17)16-12(13(18)19)4-5-20-7-9-2-3-10(15)6-11(9)14/h2-3,6,12H,4-5,7H2,1H3,(H,16,17)(H,18,19). The molecule has 4 nitrogen and oxygen atoms in total. The van der Waals surface area contributed by atoms with Crippen LogP contribution in [0, 0.1) is 5.82 Å². The number of carboxylic acid groups (broad SMARTS) is 1. The fourth-order valence-electron chi connectivity index (χ4n) is 1.52. The Morgan fingerprint density at radius 1 is 1.50 bits per heavy atom. The maximum Gasteiger partial charge on any atom is 0.326 e. The molecule has 0 spiro atoms. The molecule has 0 saturated heterocycles. The highest BCUT2D eigenvalue weighted by atomic mass is 35.5. The van der Waals surface area contributed by atoms with Crippen molar-refractivity contribution in [1.29, 1.82) is 0 Å². The first kappa shape index (κ1) is 16.8. The van der Waals surface area contributed by atoms with E-state index in [2.05, 4.69) is 5.32 Å². The molecule has 110 valence electrons. The van der Waals surface area contributed by atoms with Gasteiger partial charge in [0.25, 0.3) is 0 Å². The smallest absolute Gasteiger partial charge is 0.326 e. The number of hydrogen-bond donors (Lipinski definition) is 2. The average molecular weight is 320 g/mol. The molecule has 0 aliphatic rings. The van der Waals surface area contributed by atoms with Crippen LogP contribution in [0.1, 0.15) is 18.9 Å². The quantitative estimate of drug-likeness (QED) is 0.758. The summed E-state index contributed by atoms with van der Waals surface area (Å²) in [6.45, 7) is 1.28. The SMILES string of the molecule is CC(=O)NC(CCSCc1ccc(F)cc1Cl)C(=O)O. The molecule has 0 aliphatic carbocycles. The summed E-state index contributed by atoms with van der Waals surface area (Å²) in [5.41, 5.74) is 0.796. The van der Waals surface area contributed by atoms with Gasteiger partial charge in [-0.25, -0.2) is 9.18 Å². The maximum atomic E-state index is 12.9. The summed E-state index contributed by atoms with van der Waals surface area (Å²) < 4.78 is 12.9. The summed E-state index contributed by atoms with van der Waals surface area (Å²) in [5.74, 6) is -0.707. The number of amides is 1. The Morgan fingerprint density at radius 2 is 2.20 bits per heavy atom. The van der Waals surface area contributed by atoms with Crippen molar-refractivity contribution in [2.45, 2.75) is 25.1 Å². The molecule has 1 aromatic rings. The van der Waals surface area contributed by atoms with Crippen LogP contribution in [-0.2, 0) is 15.3 Å². The number of carbonyl (C=O) groups is 2. The molecule has 0 aliphatic heterocycles. The van der Waals surface area contributed by atoms with Crippen LogP contribution < -0.4 is 5.32 Å². The predicted octanol–water partition coefficient (Wildman–Crippen LogP) is 2.69. The second-order valence-electron chi connectivity index (χ2n) is 4.17. The number of aliphatic carboxylic acids is 1. The van der Waals surface area contributed by atoms with E-state index in [1.165, 1.54) is 30.8 Å². The van der Waals surface area contributed by atoms with Crippen molar-refractivity contribution in [2.75, 3.05) is 5.75 Å². The Balaban J connectivity index is 2.40. The number of halogens is 2. The molecule has 1 rings (SSSR count). The summed E-state index contributed by atoms with van der Waals surface area (Å²) in [6.07, 6.45) is 0.318. The Kier molecular flexibility index (Phi) is 6.81. The molecular weight excluding hydrogens is 305 g/mol. The predicted molar refractivity (Wildman–Crippen MR) is 77.4 cm³/mol. The topological polar surface area (TPSA) is 66.4 Å². The monoisotopic (exact) mass is 319 g/mol. The number of nitrogens with one attached hydrogen (secondary N) is 1. The number of rotatable bonds is 7. The first-order valence-corrected chi connectivity index (χ1v) is 7.45. The molecule has 0 heterocycles. The highest BCUT2D eigenvalue weighted by Gasteiger charge is 2.17. The molecule has 0 radical (unpaired) electrons. The van der Waals surface area contributed by atoms with Gasteiger partial charge in [-0.3, -0.25) is 4.79 Å². The highest BCUT2D eigenvalue weighted by Crippen LogP contribution is 2.22. The minimum atomic E-state index is -1.05. The molecule has 0 fully saturated rings. The van der Waals surface area contributed by atoms with Crippen LogP contribution in [0.2, 0.25) is 5.02 Å².